The van der Waals surface area contributed by atoms with Crippen molar-refractivity contribution in [2.45, 2.75) is 18.9 Å². The first-order valence-corrected chi connectivity index (χ1v) is 9.48. The van der Waals surface area contributed by atoms with E-state index in [9.17, 15) is 0 Å². The Morgan fingerprint density at radius 1 is 0.923 bits per heavy atom. The Labute approximate surface area is 155 Å². The second-order valence-corrected chi connectivity index (χ2v) is 7.12. The van der Waals surface area contributed by atoms with Crippen molar-refractivity contribution < 1.29 is 0 Å². The van der Waals surface area contributed by atoms with Crippen molar-refractivity contribution in [3.05, 3.63) is 54.2 Å². The molecule has 0 spiro atoms. The highest BCUT2D eigenvalue weighted by atomic mass is 15.3. The minimum Gasteiger partial charge on any atom is -0.369 e. The molecule has 1 atom stereocenters. The SMILES string of the molecule is N#Cc1ccc(N2CCCC(N3CCN(c4ccccc4)CC3)C2)nc1. The van der Waals surface area contributed by atoms with Crippen LogP contribution in [0.3, 0.4) is 0 Å². The number of nitriles is 1. The third kappa shape index (κ3) is 3.66. The van der Waals surface area contributed by atoms with Crippen LogP contribution >= 0.6 is 0 Å². The molecular formula is C21H25N5. The number of hydrogen-bond donors (Lipinski definition) is 0. The first kappa shape index (κ1) is 16.9. The molecule has 2 aliphatic heterocycles. The van der Waals surface area contributed by atoms with Gasteiger partial charge in [0.2, 0.25) is 0 Å². The van der Waals surface area contributed by atoms with E-state index in [0.29, 0.717) is 11.6 Å². The van der Waals surface area contributed by atoms with E-state index in [0.717, 1.165) is 45.1 Å². The lowest BCUT2D eigenvalue weighted by molar-refractivity contribution is 0.166. The summed E-state index contributed by atoms with van der Waals surface area (Å²) < 4.78 is 0. The van der Waals surface area contributed by atoms with Crippen LogP contribution in [0.15, 0.2) is 48.7 Å². The molecule has 0 amide bonds. The summed E-state index contributed by atoms with van der Waals surface area (Å²) in [5, 5.41) is 8.94. The minimum atomic E-state index is 0.596. The maximum atomic E-state index is 8.94. The summed E-state index contributed by atoms with van der Waals surface area (Å²) in [6.45, 7) is 6.51. The van der Waals surface area contributed by atoms with Crippen LogP contribution in [0.1, 0.15) is 18.4 Å². The fourth-order valence-electron chi connectivity index (χ4n) is 4.08. The quantitative estimate of drug-likeness (QED) is 0.854. The van der Waals surface area contributed by atoms with Crippen LogP contribution in [-0.2, 0) is 0 Å². The number of anilines is 2. The molecule has 0 N–H and O–H groups in total. The Morgan fingerprint density at radius 3 is 2.42 bits per heavy atom. The summed E-state index contributed by atoms with van der Waals surface area (Å²) in [5.41, 5.74) is 1.96. The van der Waals surface area contributed by atoms with Crippen LogP contribution in [0.4, 0.5) is 11.5 Å². The Balaban J connectivity index is 1.36. The van der Waals surface area contributed by atoms with Gasteiger partial charge < -0.3 is 9.80 Å². The lowest BCUT2D eigenvalue weighted by Gasteiger charge is -2.44. The Morgan fingerprint density at radius 2 is 1.73 bits per heavy atom. The van der Waals surface area contributed by atoms with Crippen LogP contribution in [0.5, 0.6) is 0 Å². The lowest BCUT2D eigenvalue weighted by atomic mass is 10.0. The van der Waals surface area contributed by atoms with Crippen molar-refractivity contribution >= 4 is 11.5 Å². The van der Waals surface area contributed by atoms with Gasteiger partial charge in [-0.1, -0.05) is 18.2 Å². The van der Waals surface area contributed by atoms with Crippen molar-refractivity contribution in [1.82, 2.24) is 9.88 Å². The molecule has 3 heterocycles. The standard InChI is InChI=1S/C21H25N5/c22-15-18-8-9-21(23-16-18)26-10-4-7-20(17-26)25-13-11-24(12-14-25)19-5-2-1-3-6-19/h1-3,5-6,8-9,16,20H,4,7,10-14,17H2. The van der Waals surface area contributed by atoms with Crippen LogP contribution in [0, 0.1) is 11.3 Å². The second-order valence-electron chi connectivity index (χ2n) is 7.12. The Bertz CT molecular complexity index is 744. The van der Waals surface area contributed by atoms with Gasteiger partial charge in [-0.3, -0.25) is 4.90 Å². The van der Waals surface area contributed by atoms with Crippen molar-refractivity contribution in [2.24, 2.45) is 0 Å². The molecule has 1 aromatic heterocycles. The highest BCUT2D eigenvalue weighted by Gasteiger charge is 2.28. The van der Waals surface area contributed by atoms with E-state index in [1.165, 1.54) is 18.5 Å². The molecule has 26 heavy (non-hydrogen) atoms. The van der Waals surface area contributed by atoms with Gasteiger partial charge in [0.15, 0.2) is 0 Å². The lowest BCUT2D eigenvalue weighted by Crippen LogP contribution is -2.55. The number of hydrogen-bond acceptors (Lipinski definition) is 5. The number of aromatic nitrogens is 1. The molecule has 1 unspecified atom stereocenters. The number of para-hydroxylation sites is 1. The molecule has 0 radical (unpaired) electrons. The van der Waals surface area contributed by atoms with Gasteiger partial charge in [-0.15, -0.1) is 0 Å². The maximum Gasteiger partial charge on any atom is 0.128 e. The highest BCUT2D eigenvalue weighted by Crippen LogP contribution is 2.23. The van der Waals surface area contributed by atoms with Gasteiger partial charge in [-0.05, 0) is 37.1 Å². The average molecular weight is 347 g/mol. The van der Waals surface area contributed by atoms with E-state index in [2.05, 4.69) is 56.1 Å². The first-order chi connectivity index (χ1) is 12.8. The highest BCUT2D eigenvalue weighted by molar-refractivity contribution is 5.46. The van der Waals surface area contributed by atoms with Gasteiger partial charge in [0.1, 0.15) is 11.9 Å². The molecule has 5 heteroatoms. The van der Waals surface area contributed by atoms with Gasteiger partial charge in [-0.2, -0.15) is 5.26 Å². The minimum absolute atomic E-state index is 0.596. The number of pyridine rings is 1. The van der Waals surface area contributed by atoms with E-state index in [4.69, 9.17) is 5.26 Å². The molecule has 1 aromatic carbocycles. The monoisotopic (exact) mass is 347 g/mol. The van der Waals surface area contributed by atoms with Gasteiger partial charge in [-0.25, -0.2) is 4.98 Å². The van der Waals surface area contributed by atoms with E-state index in [1.807, 2.05) is 12.1 Å². The molecule has 134 valence electrons. The summed E-state index contributed by atoms with van der Waals surface area (Å²) in [5.74, 6) is 0.997. The maximum absolute atomic E-state index is 8.94. The molecule has 5 nitrogen and oxygen atoms in total. The van der Waals surface area contributed by atoms with E-state index in [1.54, 1.807) is 6.20 Å². The smallest absolute Gasteiger partial charge is 0.128 e. The van der Waals surface area contributed by atoms with Crippen LogP contribution in [0.2, 0.25) is 0 Å². The summed E-state index contributed by atoms with van der Waals surface area (Å²) in [4.78, 5) is 12.0. The third-order valence-corrected chi connectivity index (χ3v) is 5.55. The summed E-state index contributed by atoms with van der Waals surface area (Å²) in [7, 11) is 0. The van der Waals surface area contributed by atoms with Crippen molar-refractivity contribution in [3.8, 4) is 6.07 Å². The number of piperazine rings is 1. The molecule has 0 saturated carbocycles. The molecular weight excluding hydrogens is 322 g/mol. The molecule has 4 rings (SSSR count). The predicted octanol–water partition coefficient (Wildman–Crippen LogP) is 2.74. The fourth-order valence-corrected chi connectivity index (χ4v) is 4.08. The topological polar surface area (TPSA) is 46.4 Å². The zero-order chi connectivity index (χ0) is 17.8. The number of nitrogens with zero attached hydrogens (tertiary/aromatic N) is 5. The second kappa shape index (κ2) is 7.76. The summed E-state index contributed by atoms with van der Waals surface area (Å²) in [6, 6.07) is 17.3. The predicted molar refractivity (Wildman–Crippen MR) is 104 cm³/mol. The van der Waals surface area contributed by atoms with Gasteiger partial charge >= 0.3 is 0 Å². The van der Waals surface area contributed by atoms with Crippen molar-refractivity contribution in [1.29, 1.82) is 5.26 Å². The zero-order valence-corrected chi connectivity index (χ0v) is 15.1. The first-order valence-electron chi connectivity index (χ1n) is 9.48. The summed E-state index contributed by atoms with van der Waals surface area (Å²) in [6.07, 6.45) is 4.14. The van der Waals surface area contributed by atoms with E-state index in [-0.39, 0.29) is 0 Å². The fraction of sp³-hybridized carbons (Fsp3) is 0.429. The van der Waals surface area contributed by atoms with E-state index >= 15 is 0 Å². The molecule has 2 aromatic rings. The molecule has 0 aliphatic carbocycles. The normalized spacial score (nSPS) is 21.4. The molecule has 2 fully saturated rings. The van der Waals surface area contributed by atoms with Gasteiger partial charge in [0, 0.05) is 57.2 Å². The Kier molecular flexibility index (Phi) is 5.03. The van der Waals surface area contributed by atoms with Crippen LogP contribution in [0.25, 0.3) is 0 Å². The van der Waals surface area contributed by atoms with Crippen LogP contribution < -0.4 is 9.80 Å². The zero-order valence-electron chi connectivity index (χ0n) is 15.1. The number of benzene rings is 1. The van der Waals surface area contributed by atoms with Crippen molar-refractivity contribution in [3.63, 3.8) is 0 Å². The molecule has 2 saturated heterocycles. The van der Waals surface area contributed by atoms with Crippen molar-refractivity contribution in [2.75, 3.05) is 49.1 Å². The van der Waals surface area contributed by atoms with E-state index < -0.39 is 0 Å². The number of piperidine rings is 1. The summed E-state index contributed by atoms with van der Waals surface area (Å²) >= 11 is 0. The largest absolute Gasteiger partial charge is 0.369 e. The average Bonchev–Trinajstić information content (AvgIpc) is 2.75. The van der Waals surface area contributed by atoms with Crippen LogP contribution in [-0.4, -0.2) is 55.2 Å². The molecule has 0 bridgehead atoms. The number of rotatable bonds is 3. The third-order valence-electron chi connectivity index (χ3n) is 5.55. The molecule has 2 aliphatic rings. The van der Waals surface area contributed by atoms with Gasteiger partial charge in [0.25, 0.3) is 0 Å². The van der Waals surface area contributed by atoms with Gasteiger partial charge in [0.05, 0.1) is 5.56 Å². The Hall–Kier alpha value is -2.58.